The Hall–Kier alpha value is -4.02. The van der Waals surface area contributed by atoms with Crippen molar-refractivity contribution >= 4 is 34.4 Å². The second-order valence-electron chi connectivity index (χ2n) is 8.74. The minimum Gasteiger partial charge on any atom is -0.361 e. The van der Waals surface area contributed by atoms with E-state index in [-0.39, 0.29) is 30.5 Å². The van der Waals surface area contributed by atoms with Crippen molar-refractivity contribution in [3.8, 4) is 0 Å². The van der Waals surface area contributed by atoms with Gasteiger partial charge in [-0.1, -0.05) is 24.3 Å². The summed E-state index contributed by atoms with van der Waals surface area (Å²) in [6, 6.07) is 9.30. The van der Waals surface area contributed by atoms with E-state index in [2.05, 4.69) is 20.9 Å². The number of amides is 4. The fourth-order valence-corrected chi connectivity index (χ4v) is 4.75. The predicted molar refractivity (Wildman–Crippen MR) is 121 cm³/mol. The number of aromatic amines is 1. The maximum absolute atomic E-state index is 13.1. The largest absolute Gasteiger partial charge is 0.416 e. The third kappa shape index (κ3) is 4.53. The zero-order valence-corrected chi connectivity index (χ0v) is 18.4. The zero-order chi connectivity index (χ0) is 24.7. The van der Waals surface area contributed by atoms with Gasteiger partial charge in [0.1, 0.15) is 12.1 Å². The standard InChI is InChI=1S/C24H22F3N5O3/c25-24(26,27)14-4-3-5-15(9-14)29-23(35)30-16-10-20-21(33)31-19(22(34)32(20)12-16)8-13-11-28-18-7-2-1-6-17(13)18/h1-7,9,11,16,19-20,28H,8,10,12H2,(H,31,33)(H2,29,30,35)/t16-,19-,20-/m0/s1. The van der Waals surface area contributed by atoms with Crippen LogP contribution in [0.3, 0.4) is 0 Å². The van der Waals surface area contributed by atoms with Crippen molar-refractivity contribution in [3.05, 3.63) is 65.9 Å². The Morgan fingerprint density at radius 2 is 1.91 bits per heavy atom. The number of halogens is 3. The van der Waals surface area contributed by atoms with Crippen LogP contribution < -0.4 is 16.0 Å². The lowest BCUT2D eigenvalue weighted by molar-refractivity contribution is -0.146. The Kier molecular flexibility index (Phi) is 5.62. The first-order chi connectivity index (χ1) is 16.7. The van der Waals surface area contributed by atoms with E-state index in [0.29, 0.717) is 6.42 Å². The number of nitrogens with zero attached hydrogens (tertiary/aromatic N) is 1. The molecule has 0 aliphatic carbocycles. The highest BCUT2D eigenvalue weighted by atomic mass is 19.4. The highest BCUT2D eigenvalue weighted by molar-refractivity contribution is 5.98. The van der Waals surface area contributed by atoms with Gasteiger partial charge in [0.25, 0.3) is 0 Å². The number of anilines is 1. The topological polar surface area (TPSA) is 106 Å². The van der Waals surface area contributed by atoms with Gasteiger partial charge in [-0.25, -0.2) is 4.79 Å². The summed E-state index contributed by atoms with van der Waals surface area (Å²) in [5.74, 6) is -0.528. The minimum atomic E-state index is -4.53. The molecule has 5 rings (SSSR count). The van der Waals surface area contributed by atoms with Crippen LogP contribution in [0, 0.1) is 0 Å². The first-order valence-corrected chi connectivity index (χ1v) is 11.1. The molecule has 3 heterocycles. The maximum Gasteiger partial charge on any atom is 0.416 e. The molecule has 2 fully saturated rings. The van der Waals surface area contributed by atoms with Gasteiger partial charge in [0.2, 0.25) is 11.8 Å². The first kappa shape index (κ1) is 22.8. The number of carbonyl (C=O) groups is 3. The summed E-state index contributed by atoms with van der Waals surface area (Å²) in [7, 11) is 0. The lowest BCUT2D eigenvalue weighted by atomic mass is 10.0. The molecular weight excluding hydrogens is 463 g/mol. The number of alkyl halides is 3. The molecule has 2 saturated heterocycles. The van der Waals surface area contributed by atoms with Crippen LogP contribution in [-0.4, -0.2) is 52.4 Å². The van der Waals surface area contributed by atoms with Crippen molar-refractivity contribution in [1.82, 2.24) is 20.5 Å². The molecule has 0 radical (unpaired) electrons. The number of rotatable bonds is 4. The summed E-state index contributed by atoms with van der Waals surface area (Å²) < 4.78 is 38.7. The Balaban J connectivity index is 1.22. The normalized spacial score (nSPS) is 22.1. The molecule has 0 unspecified atom stereocenters. The molecule has 1 aromatic heterocycles. The van der Waals surface area contributed by atoms with Crippen molar-refractivity contribution in [2.45, 2.75) is 37.1 Å². The average molecular weight is 485 g/mol. The number of piperazine rings is 1. The summed E-state index contributed by atoms with van der Waals surface area (Å²) in [5, 5.41) is 8.81. The maximum atomic E-state index is 13.1. The first-order valence-electron chi connectivity index (χ1n) is 11.1. The highest BCUT2D eigenvalue weighted by Gasteiger charge is 2.46. The second kappa shape index (κ2) is 8.64. The molecule has 0 spiro atoms. The molecule has 0 bridgehead atoms. The third-order valence-corrected chi connectivity index (χ3v) is 6.38. The molecule has 182 valence electrons. The fraction of sp³-hybridized carbons (Fsp3) is 0.292. The quantitative estimate of drug-likeness (QED) is 0.457. The molecule has 4 amide bonds. The summed E-state index contributed by atoms with van der Waals surface area (Å²) in [5.41, 5.74) is 0.955. The van der Waals surface area contributed by atoms with Gasteiger partial charge >= 0.3 is 12.2 Å². The van der Waals surface area contributed by atoms with E-state index in [1.54, 1.807) is 0 Å². The van der Waals surface area contributed by atoms with Crippen LogP contribution in [0.1, 0.15) is 17.5 Å². The number of urea groups is 1. The summed E-state index contributed by atoms with van der Waals surface area (Å²) in [6.45, 7) is 0.136. The molecular formula is C24H22F3N5O3. The van der Waals surface area contributed by atoms with Crippen LogP contribution in [0.15, 0.2) is 54.7 Å². The summed E-state index contributed by atoms with van der Waals surface area (Å²) >= 11 is 0. The zero-order valence-electron chi connectivity index (χ0n) is 18.4. The van der Waals surface area contributed by atoms with Gasteiger partial charge < -0.3 is 25.8 Å². The molecule has 8 nitrogen and oxygen atoms in total. The number of hydrogen-bond acceptors (Lipinski definition) is 3. The van der Waals surface area contributed by atoms with Crippen LogP contribution in [0.2, 0.25) is 0 Å². The van der Waals surface area contributed by atoms with Crippen molar-refractivity contribution in [1.29, 1.82) is 0 Å². The van der Waals surface area contributed by atoms with Gasteiger partial charge in [-0.15, -0.1) is 0 Å². The molecule has 2 aromatic carbocycles. The fourth-order valence-electron chi connectivity index (χ4n) is 4.75. The Bertz CT molecular complexity index is 1300. The van der Waals surface area contributed by atoms with Gasteiger partial charge in [0.15, 0.2) is 0 Å². The number of H-pyrrole nitrogens is 1. The van der Waals surface area contributed by atoms with E-state index in [1.807, 2.05) is 30.5 Å². The lowest BCUT2D eigenvalue weighted by Gasteiger charge is -2.34. The summed E-state index contributed by atoms with van der Waals surface area (Å²) in [6.07, 6.45) is -2.17. The predicted octanol–water partition coefficient (Wildman–Crippen LogP) is 3.02. The van der Waals surface area contributed by atoms with Crippen LogP contribution in [0.4, 0.5) is 23.7 Å². The number of hydrogen-bond donors (Lipinski definition) is 4. The highest BCUT2D eigenvalue weighted by Crippen LogP contribution is 2.31. The van der Waals surface area contributed by atoms with Crippen molar-refractivity contribution < 1.29 is 27.6 Å². The van der Waals surface area contributed by atoms with E-state index in [4.69, 9.17) is 0 Å². The Morgan fingerprint density at radius 3 is 2.71 bits per heavy atom. The Morgan fingerprint density at radius 1 is 1.11 bits per heavy atom. The van der Waals surface area contributed by atoms with Gasteiger partial charge in [-0.05, 0) is 36.2 Å². The lowest BCUT2D eigenvalue weighted by Crippen LogP contribution is -2.61. The average Bonchev–Trinajstić information content (AvgIpc) is 3.42. The SMILES string of the molecule is O=C(Nc1cccc(C(F)(F)F)c1)N[C@H]1C[C@H]2C(=O)N[C@@H](Cc3c[nH]c4ccccc34)C(=O)N2C1. The van der Waals surface area contributed by atoms with Gasteiger partial charge in [-0.3, -0.25) is 9.59 Å². The third-order valence-electron chi connectivity index (χ3n) is 6.38. The van der Waals surface area contributed by atoms with Crippen molar-refractivity contribution in [2.75, 3.05) is 11.9 Å². The van der Waals surface area contributed by atoms with E-state index >= 15 is 0 Å². The smallest absolute Gasteiger partial charge is 0.361 e. The number of fused-ring (bicyclic) bond motifs is 2. The molecule has 0 saturated carbocycles. The molecule has 3 aromatic rings. The molecule has 3 atom stereocenters. The second-order valence-corrected chi connectivity index (χ2v) is 8.74. The monoisotopic (exact) mass is 485 g/mol. The Labute approximate surface area is 197 Å². The van der Waals surface area contributed by atoms with Crippen LogP contribution in [-0.2, 0) is 22.2 Å². The van der Waals surface area contributed by atoms with Crippen LogP contribution >= 0.6 is 0 Å². The number of nitrogens with one attached hydrogen (secondary N) is 4. The molecule has 2 aliphatic heterocycles. The number of carbonyl (C=O) groups excluding carboxylic acids is 3. The van der Waals surface area contributed by atoms with Crippen LogP contribution in [0.25, 0.3) is 10.9 Å². The van der Waals surface area contributed by atoms with E-state index in [0.717, 1.165) is 28.6 Å². The van der Waals surface area contributed by atoms with E-state index < -0.39 is 35.9 Å². The number of benzene rings is 2. The van der Waals surface area contributed by atoms with Crippen LogP contribution in [0.5, 0.6) is 0 Å². The summed E-state index contributed by atoms with van der Waals surface area (Å²) in [4.78, 5) is 42.9. The van der Waals surface area contributed by atoms with Gasteiger partial charge in [0.05, 0.1) is 11.6 Å². The minimum absolute atomic E-state index is 0.0133. The van der Waals surface area contributed by atoms with Crippen molar-refractivity contribution in [2.24, 2.45) is 0 Å². The van der Waals surface area contributed by atoms with Gasteiger partial charge in [-0.2, -0.15) is 13.2 Å². The molecule has 2 aliphatic rings. The molecule has 11 heteroatoms. The molecule has 35 heavy (non-hydrogen) atoms. The van der Waals surface area contributed by atoms with Gasteiger partial charge in [0, 0.05) is 35.8 Å². The number of aromatic nitrogens is 1. The number of para-hydroxylation sites is 1. The van der Waals surface area contributed by atoms with E-state index in [9.17, 15) is 27.6 Å². The molecule has 4 N–H and O–H groups in total. The van der Waals surface area contributed by atoms with Crippen molar-refractivity contribution in [3.63, 3.8) is 0 Å². The van der Waals surface area contributed by atoms with E-state index in [1.165, 1.54) is 17.0 Å².